The first-order valence-corrected chi connectivity index (χ1v) is 4.44. The van der Waals surface area contributed by atoms with Gasteiger partial charge in [0.25, 0.3) is 0 Å². The van der Waals surface area contributed by atoms with E-state index in [-0.39, 0.29) is 0 Å². The van der Waals surface area contributed by atoms with Crippen molar-refractivity contribution in [2.45, 2.75) is 38.1 Å². The highest BCUT2D eigenvalue weighted by Crippen LogP contribution is 2.29. The third-order valence-corrected chi connectivity index (χ3v) is 2.77. The molecular weight excluding hydrogens is 138 g/mol. The molecular formula is C8H15N3. The molecule has 1 aliphatic carbocycles. The summed E-state index contributed by atoms with van der Waals surface area (Å²) in [6, 6.07) is 0.553. The van der Waals surface area contributed by atoms with Crippen LogP contribution in [0.15, 0.2) is 5.10 Å². The van der Waals surface area contributed by atoms with E-state index < -0.39 is 0 Å². The maximum absolute atomic E-state index is 5.58. The zero-order valence-electron chi connectivity index (χ0n) is 6.71. The molecule has 0 amide bonds. The minimum absolute atomic E-state index is 0.553. The summed E-state index contributed by atoms with van der Waals surface area (Å²) in [5.41, 5.74) is 8.69. The second kappa shape index (κ2) is 2.72. The molecule has 0 bridgehead atoms. The lowest BCUT2D eigenvalue weighted by Gasteiger charge is -2.16. The van der Waals surface area contributed by atoms with Crippen LogP contribution < -0.4 is 11.2 Å². The molecule has 0 aromatic carbocycles. The standard InChI is InChI=1S/C8H15N3/c9-8-5-7(10-11-8)6-3-1-2-4-6/h6-7,10H,1-5H2,(H2,9,11). The van der Waals surface area contributed by atoms with Gasteiger partial charge in [-0.3, -0.25) is 0 Å². The number of amidine groups is 1. The van der Waals surface area contributed by atoms with Crippen molar-refractivity contribution in [1.29, 1.82) is 0 Å². The van der Waals surface area contributed by atoms with E-state index in [9.17, 15) is 0 Å². The van der Waals surface area contributed by atoms with Crippen LogP contribution in [0.25, 0.3) is 0 Å². The Bertz CT molecular complexity index is 170. The average Bonchev–Trinajstić information content (AvgIpc) is 2.55. The lowest BCUT2D eigenvalue weighted by Crippen LogP contribution is -2.28. The summed E-state index contributed by atoms with van der Waals surface area (Å²) < 4.78 is 0. The number of hydrogen-bond donors (Lipinski definition) is 2. The molecule has 2 aliphatic rings. The number of nitrogens with zero attached hydrogens (tertiary/aromatic N) is 1. The van der Waals surface area contributed by atoms with Gasteiger partial charge in [-0.05, 0) is 18.8 Å². The Kier molecular flexibility index (Phi) is 1.72. The number of hydrazone groups is 1. The van der Waals surface area contributed by atoms with Crippen molar-refractivity contribution in [3.05, 3.63) is 0 Å². The van der Waals surface area contributed by atoms with Crippen LogP contribution in [0.1, 0.15) is 32.1 Å². The highest BCUT2D eigenvalue weighted by atomic mass is 15.3. The van der Waals surface area contributed by atoms with Crippen LogP contribution in [0.2, 0.25) is 0 Å². The molecule has 3 N–H and O–H groups in total. The van der Waals surface area contributed by atoms with Gasteiger partial charge in [0.05, 0.1) is 6.04 Å². The van der Waals surface area contributed by atoms with E-state index in [1.165, 1.54) is 25.7 Å². The Morgan fingerprint density at radius 2 is 2.09 bits per heavy atom. The molecule has 0 saturated heterocycles. The van der Waals surface area contributed by atoms with Gasteiger partial charge in [0.2, 0.25) is 0 Å². The van der Waals surface area contributed by atoms with Gasteiger partial charge >= 0.3 is 0 Å². The third kappa shape index (κ3) is 1.32. The van der Waals surface area contributed by atoms with E-state index >= 15 is 0 Å². The summed E-state index contributed by atoms with van der Waals surface area (Å²) in [7, 11) is 0. The minimum Gasteiger partial charge on any atom is -0.386 e. The molecule has 62 valence electrons. The first-order chi connectivity index (χ1) is 5.36. The quantitative estimate of drug-likeness (QED) is 0.585. The van der Waals surface area contributed by atoms with Gasteiger partial charge in [0.15, 0.2) is 0 Å². The number of rotatable bonds is 1. The summed E-state index contributed by atoms with van der Waals surface area (Å²) >= 11 is 0. The number of nitrogens with two attached hydrogens (primary N) is 1. The first kappa shape index (κ1) is 6.95. The molecule has 1 saturated carbocycles. The van der Waals surface area contributed by atoms with Crippen molar-refractivity contribution in [3.8, 4) is 0 Å². The normalized spacial score (nSPS) is 32.0. The van der Waals surface area contributed by atoms with Crippen LogP contribution in [-0.4, -0.2) is 11.9 Å². The first-order valence-electron chi connectivity index (χ1n) is 4.44. The van der Waals surface area contributed by atoms with Crippen LogP contribution in [0.4, 0.5) is 0 Å². The molecule has 3 heteroatoms. The van der Waals surface area contributed by atoms with Gasteiger partial charge in [-0.2, -0.15) is 5.10 Å². The molecule has 2 rings (SSSR count). The maximum Gasteiger partial charge on any atom is 0.121 e. The Balaban J connectivity index is 1.88. The second-order valence-electron chi connectivity index (χ2n) is 3.59. The summed E-state index contributed by atoms with van der Waals surface area (Å²) in [6.45, 7) is 0. The topological polar surface area (TPSA) is 50.4 Å². The van der Waals surface area contributed by atoms with E-state index in [0.717, 1.165) is 18.2 Å². The molecule has 0 spiro atoms. The van der Waals surface area contributed by atoms with Crippen molar-refractivity contribution in [3.63, 3.8) is 0 Å². The van der Waals surface area contributed by atoms with E-state index in [1.54, 1.807) is 0 Å². The summed E-state index contributed by atoms with van der Waals surface area (Å²) in [4.78, 5) is 0. The highest BCUT2D eigenvalue weighted by Gasteiger charge is 2.28. The highest BCUT2D eigenvalue weighted by molar-refractivity contribution is 5.82. The Morgan fingerprint density at radius 3 is 2.64 bits per heavy atom. The van der Waals surface area contributed by atoms with Crippen molar-refractivity contribution < 1.29 is 0 Å². The predicted molar refractivity (Wildman–Crippen MR) is 45.1 cm³/mol. The lowest BCUT2D eigenvalue weighted by molar-refractivity contribution is 0.392. The largest absolute Gasteiger partial charge is 0.386 e. The van der Waals surface area contributed by atoms with Crippen LogP contribution in [0, 0.1) is 5.92 Å². The molecule has 0 radical (unpaired) electrons. The predicted octanol–water partition coefficient (Wildman–Crippen LogP) is 0.811. The van der Waals surface area contributed by atoms with Gasteiger partial charge in [-0.15, -0.1) is 0 Å². The van der Waals surface area contributed by atoms with Crippen LogP contribution in [0.3, 0.4) is 0 Å². The maximum atomic E-state index is 5.58. The van der Waals surface area contributed by atoms with Crippen LogP contribution >= 0.6 is 0 Å². The van der Waals surface area contributed by atoms with Crippen LogP contribution in [0.5, 0.6) is 0 Å². The average molecular weight is 153 g/mol. The molecule has 1 atom stereocenters. The second-order valence-corrected chi connectivity index (χ2v) is 3.59. The van der Waals surface area contributed by atoms with Gasteiger partial charge in [-0.25, -0.2) is 0 Å². The smallest absolute Gasteiger partial charge is 0.121 e. The molecule has 1 heterocycles. The zero-order valence-corrected chi connectivity index (χ0v) is 6.71. The molecule has 0 aromatic rings. The SMILES string of the molecule is NC1=NNC(C2CCCC2)C1. The van der Waals surface area contributed by atoms with E-state index in [0.29, 0.717) is 6.04 Å². The zero-order chi connectivity index (χ0) is 7.68. The lowest BCUT2D eigenvalue weighted by atomic mass is 9.96. The molecule has 1 unspecified atom stereocenters. The summed E-state index contributed by atoms with van der Waals surface area (Å²) in [6.07, 6.45) is 6.47. The monoisotopic (exact) mass is 153 g/mol. The molecule has 0 aromatic heterocycles. The number of hydrogen-bond acceptors (Lipinski definition) is 3. The van der Waals surface area contributed by atoms with E-state index in [4.69, 9.17) is 5.73 Å². The minimum atomic E-state index is 0.553. The Labute approximate surface area is 67.0 Å². The van der Waals surface area contributed by atoms with Crippen molar-refractivity contribution in [2.24, 2.45) is 16.8 Å². The fourth-order valence-corrected chi connectivity index (χ4v) is 2.11. The van der Waals surface area contributed by atoms with Gasteiger partial charge in [-0.1, -0.05) is 12.8 Å². The number of nitrogens with one attached hydrogen (secondary N) is 1. The molecule has 11 heavy (non-hydrogen) atoms. The van der Waals surface area contributed by atoms with E-state index in [2.05, 4.69) is 10.5 Å². The molecule has 1 fully saturated rings. The molecule has 3 nitrogen and oxygen atoms in total. The third-order valence-electron chi connectivity index (χ3n) is 2.77. The summed E-state index contributed by atoms with van der Waals surface area (Å²) in [5.74, 6) is 1.61. The Morgan fingerprint density at radius 1 is 1.36 bits per heavy atom. The Hall–Kier alpha value is -0.730. The fourth-order valence-electron chi connectivity index (χ4n) is 2.11. The molecule has 1 aliphatic heterocycles. The van der Waals surface area contributed by atoms with Gasteiger partial charge < -0.3 is 11.2 Å². The van der Waals surface area contributed by atoms with E-state index in [1.807, 2.05) is 0 Å². The van der Waals surface area contributed by atoms with Crippen molar-refractivity contribution in [2.75, 3.05) is 0 Å². The fraction of sp³-hybridized carbons (Fsp3) is 0.875. The summed E-state index contributed by atoms with van der Waals surface area (Å²) in [5, 5.41) is 4.01. The van der Waals surface area contributed by atoms with Gasteiger partial charge in [0.1, 0.15) is 5.84 Å². The van der Waals surface area contributed by atoms with Crippen LogP contribution in [-0.2, 0) is 0 Å². The van der Waals surface area contributed by atoms with Gasteiger partial charge in [0, 0.05) is 6.42 Å². The van der Waals surface area contributed by atoms with Crippen molar-refractivity contribution >= 4 is 5.84 Å². The van der Waals surface area contributed by atoms with Crippen molar-refractivity contribution in [1.82, 2.24) is 5.43 Å².